The number of ether oxygens (including phenoxy) is 1. The molecule has 0 bridgehead atoms. The second-order valence-corrected chi connectivity index (χ2v) is 6.21. The monoisotopic (exact) mass is 259 g/mol. The minimum atomic E-state index is -0.509. The summed E-state index contributed by atoms with van der Waals surface area (Å²) in [5.41, 5.74) is -0.348. The van der Waals surface area contributed by atoms with Crippen molar-refractivity contribution >= 4 is 0 Å². The number of aliphatic hydroxyl groups is 2. The Balaban J connectivity index is 2.18. The lowest BCUT2D eigenvalue weighted by atomic mass is 9.88. The molecule has 0 aromatic rings. The Morgan fingerprint density at radius 3 is 2.61 bits per heavy atom. The van der Waals surface area contributed by atoms with E-state index in [1.807, 2.05) is 13.8 Å². The molecule has 4 nitrogen and oxygen atoms in total. The third-order valence-corrected chi connectivity index (χ3v) is 3.75. The molecule has 3 atom stereocenters. The third kappa shape index (κ3) is 5.65. The molecule has 0 spiro atoms. The van der Waals surface area contributed by atoms with Gasteiger partial charge in [0.25, 0.3) is 0 Å². The summed E-state index contributed by atoms with van der Waals surface area (Å²) in [6, 6.07) is 0. The van der Waals surface area contributed by atoms with Gasteiger partial charge in [-0.25, -0.2) is 0 Å². The fourth-order valence-corrected chi connectivity index (χ4v) is 2.27. The molecule has 0 heterocycles. The van der Waals surface area contributed by atoms with Crippen LogP contribution in [0, 0.1) is 5.92 Å². The van der Waals surface area contributed by atoms with Crippen molar-refractivity contribution < 1.29 is 14.9 Å². The molecule has 1 rings (SSSR count). The van der Waals surface area contributed by atoms with Crippen LogP contribution in [0.25, 0.3) is 0 Å². The number of aliphatic hydroxyl groups excluding tert-OH is 2. The highest BCUT2D eigenvalue weighted by atomic mass is 16.5. The first-order chi connectivity index (χ1) is 8.44. The highest BCUT2D eigenvalue weighted by Crippen LogP contribution is 2.26. The van der Waals surface area contributed by atoms with Gasteiger partial charge in [0.15, 0.2) is 0 Å². The molecule has 1 saturated carbocycles. The Morgan fingerprint density at radius 2 is 2.00 bits per heavy atom. The SMILES string of the molecule is CC1CCCCC1OCC(O)CNC(C)(C)CO. The second kappa shape index (κ2) is 7.43. The van der Waals surface area contributed by atoms with Crippen LogP contribution in [-0.2, 0) is 4.74 Å². The van der Waals surface area contributed by atoms with Crippen LogP contribution < -0.4 is 5.32 Å². The molecule has 1 aliphatic rings. The van der Waals surface area contributed by atoms with E-state index in [0.717, 1.165) is 6.42 Å². The van der Waals surface area contributed by atoms with Gasteiger partial charge in [-0.05, 0) is 32.6 Å². The molecule has 108 valence electrons. The highest BCUT2D eigenvalue weighted by Gasteiger charge is 2.23. The summed E-state index contributed by atoms with van der Waals surface area (Å²) in [4.78, 5) is 0. The number of rotatable bonds is 7. The average molecular weight is 259 g/mol. The first kappa shape index (κ1) is 15.9. The summed E-state index contributed by atoms with van der Waals surface area (Å²) in [6.45, 7) is 6.93. The number of hydrogen-bond donors (Lipinski definition) is 3. The largest absolute Gasteiger partial charge is 0.394 e. The molecule has 1 aliphatic carbocycles. The van der Waals surface area contributed by atoms with E-state index in [0.29, 0.717) is 25.2 Å². The van der Waals surface area contributed by atoms with Gasteiger partial charge in [-0.2, -0.15) is 0 Å². The second-order valence-electron chi connectivity index (χ2n) is 6.21. The Morgan fingerprint density at radius 1 is 1.33 bits per heavy atom. The highest BCUT2D eigenvalue weighted by molar-refractivity contribution is 4.78. The van der Waals surface area contributed by atoms with Gasteiger partial charge in [0.2, 0.25) is 0 Å². The molecule has 0 aromatic heterocycles. The number of β-amino-alcohol motifs (C(OH)–C–C–N with tert-alkyl or cyclic N) is 1. The van der Waals surface area contributed by atoms with Crippen molar-refractivity contribution in [2.24, 2.45) is 5.92 Å². The first-order valence-corrected chi connectivity index (χ1v) is 7.10. The molecule has 0 aliphatic heterocycles. The molecule has 0 saturated heterocycles. The smallest absolute Gasteiger partial charge is 0.0898 e. The minimum Gasteiger partial charge on any atom is -0.394 e. The van der Waals surface area contributed by atoms with Gasteiger partial charge in [-0.3, -0.25) is 0 Å². The van der Waals surface area contributed by atoms with Crippen LogP contribution in [-0.4, -0.2) is 47.7 Å². The molecular weight excluding hydrogens is 230 g/mol. The number of hydrogen-bond acceptors (Lipinski definition) is 4. The van der Waals surface area contributed by atoms with E-state index in [1.165, 1.54) is 19.3 Å². The summed E-state index contributed by atoms with van der Waals surface area (Å²) >= 11 is 0. The summed E-state index contributed by atoms with van der Waals surface area (Å²) in [7, 11) is 0. The summed E-state index contributed by atoms with van der Waals surface area (Å²) < 4.78 is 5.80. The normalized spacial score (nSPS) is 27.2. The van der Waals surface area contributed by atoms with E-state index in [9.17, 15) is 5.11 Å². The molecule has 4 heteroatoms. The predicted octanol–water partition coefficient (Wildman–Crippen LogP) is 1.30. The van der Waals surface area contributed by atoms with Crippen LogP contribution in [0.4, 0.5) is 0 Å². The lowest BCUT2D eigenvalue weighted by molar-refractivity contribution is -0.0468. The fraction of sp³-hybridized carbons (Fsp3) is 1.00. The minimum absolute atomic E-state index is 0.0558. The van der Waals surface area contributed by atoms with Crippen LogP contribution >= 0.6 is 0 Å². The van der Waals surface area contributed by atoms with Crippen molar-refractivity contribution in [1.82, 2.24) is 5.32 Å². The fourth-order valence-electron chi connectivity index (χ4n) is 2.27. The lowest BCUT2D eigenvalue weighted by Crippen LogP contribution is -2.47. The Hall–Kier alpha value is -0.160. The van der Waals surface area contributed by atoms with Crippen LogP contribution in [0.3, 0.4) is 0 Å². The zero-order valence-electron chi connectivity index (χ0n) is 12.0. The molecule has 0 amide bonds. The Labute approximate surface area is 111 Å². The van der Waals surface area contributed by atoms with Crippen LogP contribution in [0.15, 0.2) is 0 Å². The molecule has 18 heavy (non-hydrogen) atoms. The van der Waals surface area contributed by atoms with E-state index in [1.54, 1.807) is 0 Å². The van der Waals surface area contributed by atoms with Crippen molar-refractivity contribution in [3.8, 4) is 0 Å². The van der Waals surface area contributed by atoms with Gasteiger partial charge < -0.3 is 20.3 Å². The maximum atomic E-state index is 9.86. The van der Waals surface area contributed by atoms with E-state index in [4.69, 9.17) is 9.84 Å². The number of nitrogens with one attached hydrogen (secondary N) is 1. The van der Waals surface area contributed by atoms with Crippen molar-refractivity contribution in [1.29, 1.82) is 0 Å². The van der Waals surface area contributed by atoms with Crippen LogP contribution in [0.1, 0.15) is 46.5 Å². The Bertz CT molecular complexity index is 233. The van der Waals surface area contributed by atoms with Crippen molar-refractivity contribution in [3.63, 3.8) is 0 Å². The van der Waals surface area contributed by atoms with E-state index in [-0.39, 0.29) is 12.1 Å². The van der Waals surface area contributed by atoms with Gasteiger partial charge in [-0.1, -0.05) is 19.8 Å². The zero-order chi connectivity index (χ0) is 13.6. The van der Waals surface area contributed by atoms with Gasteiger partial charge in [0.1, 0.15) is 0 Å². The standard InChI is InChI=1S/C14H29NO3/c1-11-6-4-5-7-13(11)18-9-12(17)8-15-14(2,3)10-16/h11-13,15-17H,4-10H2,1-3H3. The molecule has 0 radical (unpaired) electrons. The van der Waals surface area contributed by atoms with Crippen molar-refractivity contribution in [3.05, 3.63) is 0 Å². The molecule has 0 aromatic carbocycles. The summed E-state index contributed by atoms with van der Waals surface area (Å²) in [5, 5.41) is 22.1. The first-order valence-electron chi connectivity index (χ1n) is 7.10. The predicted molar refractivity (Wildman–Crippen MR) is 72.5 cm³/mol. The topological polar surface area (TPSA) is 61.7 Å². The van der Waals surface area contributed by atoms with Crippen LogP contribution in [0.5, 0.6) is 0 Å². The van der Waals surface area contributed by atoms with Crippen molar-refractivity contribution in [2.75, 3.05) is 19.8 Å². The van der Waals surface area contributed by atoms with E-state index >= 15 is 0 Å². The summed E-state index contributed by atoms with van der Waals surface area (Å²) in [5.74, 6) is 0.604. The third-order valence-electron chi connectivity index (χ3n) is 3.75. The van der Waals surface area contributed by atoms with Gasteiger partial charge in [0.05, 0.1) is 25.4 Å². The lowest BCUT2D eigenvalue weighted by Gasteiger charge is -2.30. The van der Waals surface area contributed by atoms with Gasteiger partial charge in [0, 0.05) is 12.1 Å². The van der Waals surface area contributed by atoms with E-state index < -0.39 is 6.10 Å². The molecular formula is C14H29NO3. The maximum Gasteiger partial charge on any atom is 0.0898 e. The van der Waals surface area contributed by atoms with Crippen LogP contribution in [0.2, 0.25) is 0 Å². The van der Waals surface area contributed by atoms with Gasteiger partial charge >= 0.3 is 0 Å². The quantitative estimate of drug-likeness (QED) is 0.645. The Kier molecular flexibility index (Phi) is 6.57. The average Bonchev–Trinajstić information content (AvgIpc) is 2.35. The van der Waals surface area contributed by atoms with E-state index in [2.05, 4.69) is 12.2 Å². The summed E-state index contributed by atoms with van der Waals surface area (Å²) in [6.07, 6.45) is 4.68. The maximum absolute atomic E-state index is 9.86. The molecule has 3 N–H and O–H groups in total. The molecule has 1 fully saturated rings. The zero-order valence-corrected chi connectivity index (χ0v) is 12.0. The van der Waals surface area contributed by atoms with Crippen molar-refractivity contribution in [2.45, 2.75) is 64.2 Å². The van der Waals surface area contributed by atoms with Gasteiger partial charge in [-0.15, -0.1) is 0 Å². The molecule has 3 unspecified atom stereocenters.